The lowest BCUT2D eigenvalue weighted by Crippen LogP contribution is -2.10. The number of carbonyl (C=O) groups excluding carboxylic acids is 2. The van der Waals surface area contributed by atoms with Crippen LogP contribution in [-0.2, 0) is 16.1 Å². The maximum atomic E-state index is 12.4. The van der Waals surface area contributed by atoms with Gasteiger partial charge in [0, 0.05) is 29.2 Å². The highest BCUT2D eigenvalue weighted by molar-refractivity contribution is 8.00. The molecule has 23 heavy (non-hydrogen) atoms. The molecule has 0 aliphatic heterocycles. The van der Waals surface area contributed by atoms with Crippen LogP contribution in [0.3, 0.4) is 0 Å². The Morgan fingerprint density at radius 2 is 2.09 bits per heavy atom. The van der Waals surface area contributed by atoms with Crippen molar-refractivity contribution in [3.8, 4) is 6.07 Å². The Morgan fingerprint density at radius 1 is 1.30 bits per heavy atom. The summed E-state index contributed by atoms with van der Waals surface area (Å²) in [5.41, 5.74) is 1.58. The molecule has 0 aliphatic carbocycles. The topological polar surface area (TPSA) is 72.1 Å². The quantitative estimate of drug-likeness (QED) is 0.549. The molecule has 0 unspecified atom stereocenters. The summed E-state index contributed by atoms with van der Waals surface area (Å²) in [6.45, 7) is 2.66. The fourth-order valence-corrected chi connectivity index (χ4v) is 3.02. The van der Waals surface area contributed by atoms with Crippen molar-refractivity contribution < 1.29 is 14.3 Å². The zero-order valence-electron chi connectivity index (χ0n) is 12.9. The molecule has 0 spiro atoms. The summed E-state index contributed by atoms with van der Waals surface area (Å²) in [5.74, 6) is 0.0746. The van der Waals surface area contributed by atoms with Crippen molar-refractivity contribution in [2.45, 2.75) is 19.9 Å². The lowest BCUT2D eigenvalue weighted by Gasteiger charge is -2.01. The van der Waals surface area contributed by atoms with Crippen LogP contribution < -0.4 is 0 Å². The smallest absolute Gasteiger partial charge is 0.315 e. The Balaban J connectivity index is 2.11. The number of Topliss-reactive ketones (excluding diaryl/α,β-unsaturated/α-hetero) is 1. The van der Waals surface area contributed by atoms with Crippen LogP contribution in [0, 0.1) is 11.3 Å². The molecule has 0 bridgehead atoms. The number of esters is 1. The van der Waals surface area contributed by atoms with Crippen molar-refractivity contribution >= 4 is 34.4 Å². The van der Waals surface area contributed by atoms with E-state index in [2.05, 4.69) is 6.07 Å². The van der Waals surface area contributed by atoms with Crippen molar-refractivity contribution in [2.24, 2.45) is 0 Å². The molecule has 0 atom stereocenters. The Kier molecular flexibility index (Phi) is 6.24. The number of aryl methyl sites for hydroxylation is 1. The first-order valence-corrected chi connectivity index (χ1v) is 8.54. The number of aromatic nitrogens is 1. The summed E-state index contributed by atoms with van der Waals surface area (Å²) in [6, 6.07) is 9.76. The van der Waals surface area contributed by atoms with Gasteiger partial charge in [0.05, 0.1) is 30.6 Å². The second kappa shape index (κ2) is 8.39. The van der Waals surface area contributed by atoms with Gasteiger partial charge in [0.1, 0.15) is 0 Å². The van der Waals surface area contributed by atoms with E-state index in [1.807, 2.05) is 28.8 Å². The largest absolute Gasteiger partial charge is 0.465 e. The molecule has 1 heterocycles. The summed E-state index contributed by atoms with van der Waals surface area (Å²) in [4.78, 5) is 23.7. The van der Waals surface area contributed by atoms with E-state index < -0.39 is 0 Å². The Labute approximate surface area is 139 Å². The number of nitriles is 1. The van der Waals surface area contributed by atoms with E-state index in [0.717, 1.165) is 10.9 Å². The highest BCUT2D eigenvalue weighted by atomic mass is 32.2. The molecule has 5 nitrogen and oxygen atoms in total. The molecule has 2 aromatic rings. The first kappa shape index (κ1) is 17.1. The molecular formula is C17H18N2O3S. The monoisotopic (exact) mass is 330 g/mol. The summed E-state index contributed by atoms with van der Waals surface area (Å²) in [7, 11) is 0. The number of carbonyl (C=O) groups is 2. The van der Waals surface area contributed by atoms with Crippen LogP contribution in [0.15, 0.2) is 30.5 Å². The minimum absolute atomic E-state index is 0.0220. The molecule has 0 fully saturated rings. The minimum atomic E-state index is -0.304. The molecule has 0 aliphatic rings. The number of para-hydroxylation sites is 1. The third-order valence-electron chi connectivity index (χ3n) is 3.31. The lowest BCUT2D eigenvalue weighted by atomic mass is 10.1. The highest BCUT2D eigenvalue weighted by Crippen LogP contribution is 2.23. The van der Waals surface area contributed by atoms with Gasteiger partial charge in [-0.3, -0.25) is 9.59 Å². The van der Waals surface area contributed by atoms with Crippen molar-refractivity contribution in [1.29, 1.82) is 5.26 Å². The van der Waals surface area contributed by atoms with Crippen LogP contribution in [0.1, 0.15) is 23.7 Å². The Morgan fingerprint density at radius 3 is 2.83 bits per heavy atom. The number of benzene rings is 1. The Hall–Kier alpha value is -2.26. The second-order valence-electron chi connectivity index (χ2n) is 4.88. The highest BCUT2D eigenvalue weighted by Gasteiger charge is 2.15. The standard InChI is InChI=1S/C17H18N2O3S/c1-2-22-17(21)12-23-11-16(20)14-10-19(9-5-8-18)15-7-4-3-6-13(14)15/h3-4,6-7,10H,2,5,9,11-12H2,1H3. The lowest BCUT2D eigenvalue weighted by molar-refractivity contribution is -0.139. The summed E-state index contributed by atoms with van der Waals surface area (Å²) in [5, 5.41) is 9.63. The number of thioether (sulfide) groups is 1. The van der Waals surface area contributed by atoms with Gasteiger partial charge in [-0.2, -0.15) is 5.26 Å². The number of ketones is 1. The molecule has 2 rings (SSSR count). The minimum Gasteiger partial charge on any atom is -0.465 e. The van der Waals surface area contributed by atoms with E-state index in [-0.39, 0.29) is 23.3 Å². The molecule has 0 amide bonds. The predicted molar refractivity (Wildman–Crippen MR) is 90.5 cm³/mol. The van der Waals surface area contributed by atoms with E-state index in [1.165, 1.54) is 11.8 Å². The average Bonchev–Trinajstić information content (AvgIpc) is 2.92. The van der Waals surface area contributed by atoms with Crippen LogP contribution in [0.4, 0.5) is 0 Å². The van der Waals surface area contributed by atoms with E-state index in [0.29, 0.717) is 25.1 Å². The van der Waals surface area contributed by atoms with E-state index in [9.17, 15) is 9.59 Å². The number of hydrogen-bond acceptors (Lipinski definition) is 5. The average molecular weight is 330 g/mol. The zero-order chi connectivity index (χ0) is 16.7. The van der Waals surface area contributed by atoms with Gasteiger partial charge in [-0.05, 0) is 13.0 Å². The van der Waals surface area contributed by atoms with Gasteiger partial charge in [0.15, 0.2) is 5.78 Å². The van der Waals surface area contributed by atoms with Crippen molar-refractivity contribution in [3.63, 3.8) is 0 Å². The number of fused-ring (bicyclic) bond motifs is 1. The SMILES string of the molecule is CCOC(=O)CSCC(=O)c1cn(CCC#N)c2ccccc12. The van der Waals surface area contributed by atoms with Crippen molar-refractivity contribution in [3.05, 3.63) is 36.0 Å². The molecule has 1 aromatic heterocycles. The summed E-state index contributed by atoms with van der Waals surface area (Å²) < 4.78 is 6.77. The van der Waals surface area contributed by atoms with Crippen LogP contribution in [0.25, 0.3) is 10.9 Å². The molecule has 6 heteroatoms. The first-order valence-electron chi connectivity index (χ1n) is 7.38. The van der Waals surface area contributed by atoms with E-state index >= 15 is 0 Å². The molecule has 0 N–H and O–H groups in total. The third kappa shape index (κ3) is 4.36. The molecular weight excluding hydrogens is 312 g/mol. The maximum absolute atomic E-state index is 12.4. The van der Waals surface area contributed by atoms with Gasteiger partial charge in [0.2, 0.25) is 0 Å². The predicted octanol–water partition coefficient (Wildman–Crippen LogP) is 3.03. The van der Waals surface area contributed by atoms with Gasteiger partial charge >= 0.3 is 5.97 Å². The second-order valence-corrected chi connectivity index (χ2v) is 5.87. The van der Waals surface area contributed by atoms with E-state index in [4.69, 9.17) is 10.00 Å². The van der Waals surface area contributed by atoms with Gasteiger partial charge in [-0.1, -0.05) is 18.2 Å². The first-order chi connectivity index (χ1) is 11.2. The van der Waals surface area contributed by atoms with E-state index in [1.54, 1.807) is 13.1 Å². The van der Waals surface area contributed by atoms with Gasteiger partial charge < -0.3 is 9.30 Å². The van der Waals surface area contributed by atoms with Gasteiger partial charge in [0.25, 0.3) is 0 Å². The number of hydrogen-bond donors (Lipinski definition) is 0. The fourth-order valence-electron chi connectivity index (χ4n) is 2.33. The van der Waals surface area contributed by atoms with Crippen LogP contribution >= 0.6 is 11.8 Å². The van der Waals surface area contributed by atoms with Crippen LogP contribution in [0.2, 0.25) is 0 Å². The fraction of sp³-hybridized carbons (Fsp3) is 0.353. The van der Waals surface area contributed by atoms with Crippen LogP contribution in [0.5, 0.6) is 0 Å². The van der Waals surface area contributed by atoms with Crippen molar-refractivity contribution in [2.75, 3.05) is 18.1 Å². The Bertz CT molecular complexity index is 746. The third-order valence-corrected chi connectivity index (χ3v) is 4.22. The van der Waals surface area contributed by atoms with Gasteiger partial charge in [-0.25, -0.2) is 0 Å². The molecule has 0 saturated carbocycles. The van der Waals surface area contributed by atoms with Crippen LogP contribution in [-0.4, -0.2) is 34.4 Å². The van der Waals surface area contributed by atoms with Crippen molar-refractivity contribution in [1.82, 2.24) is 4.57 Å². The molecule has 120 valence electrons. The maximum Gasteiger partial charge on any atom is 0.315 e. The number of rotatable bonds is 8. The summed E-state index contributed by atoms with van der Waals surface area (Å²) >= 11 is 1.25. The zero-order valence-corrected chi connectivity index (χ0v) is 13.8. The molecule has 0 radical (unpaired) electrons. The number of nitrogens with zero attached hydrogens (tertiary/aromatic N) is 2. The summed E-state index contributed by atoms with van der Waals surface area (Å²) in [6.07, 6.45) is 2.19. The molecule has 0 saturated heterocycles. The number of ether oxygens (including phenoxy) is 1. The molecule has 1 aromatic carbocycles. The normalized spacial score (nSPS) is 10.4. The van der Waals surface area contributed by atoms with Gasteiger partial charge in [-0.15, -0.1) is 11.8 Å².